The molecular formula is C66H44N2OS. The molecule has 14 rings (SSSR count). The molecule has 4 heterocycles. The molecule has 0 aliphatic heterocycles. The van der Waals surface area contributed by atoms with E-state index in [2.05, 4.69) is 247 Å². The lowest BCUT2D eigenvalue weighted by atomic mass is 9.91. The minimum atomic E-state index is 0.892. The van der Waals surface area contributed by atoms with Gasteiger partial charge in [-0.2, -0.15) is 0 Å². The number of benzene rings is 10. The monoisotopic (exact) mass is 912 g/mol. The SMILES string of the molecule is C/C=C(\C=C(/C)c1ccccc1)n1c2ccccc2c2c(-c3cc(-c4ccc5c6ccccc6n(-c6ccc7oc8ccccc8c7c6)c5c4)cc(-c4cccc5c4sc4ccccc45)c3)cccc21. The molecule has 4 aromatic heterocycles. The van der Waals surface area contributed by atoms with Crippen LogP contribution in [0.2, 0.25) is 0 Å². The molecule has 0 fully saturated rings. The van der Waals surface area contributed by atoms with Crippen LogP contribution in [0, 0.1) is 0 Å². The highest BCUT2D eigenvalue weighted by Crippen LogP contribution is 2.46. The molecule has 330 valence electrons. The standard InChI is InChI=1S/C66H44N2OS/c1-3-47(35-41(2)42-17-5-4-6-18-42)67-59-27-12-8-22-56(59)65-49(23-16-28-60(65)67)45-36-44(37-46(38-45)50-24-15-25-55-54-21-10-14-30-64(54)70-66(50)55)43-31-33-52-51-19-7-11-26-58(51)68(61(52)39-43)48-32-34-63-57(40-48)53-20-9-13-29-62(53)69-63/h3-40H,1-2H3/b41-35+,47-3+. The van der Waals surface area contributed by atoms with Crippen LogP contribution in [-0.4, -0.2) is 9.13 Å². The Hall–Kier alpha value is -8.70. The van der Waals surface area contributed by atoms with Crippen molar-refractivity contribution >= 4 is 108 Å². The molecule has 0 aliphatic rings. The van der Waals surface area contributed by atoms with Gasteiger partial charge in [-0.3, -0.25) is 0 Å². The smallest absolute Gasteiger partial charge is 0.135 e. The zero-order valence-corrected chi connectivity index (χ0v) is 39.5. The van der Waals surface area contributed by atoms with E-state index >= 15 is 0 Å². The Morgan fingerprint density at radius 3 is 1.94 bits per heavy atom. The fourth-order valence-electron chi connectivity index (χ4n) is 11.2. The molecule has 0 bridgehead atoms. The van der Waals surface area contributed by atoms with Gasteiger partial charge in [0.05, 0.1) is 22.1 Å². The third-order valence-electron chi connectivity index (χ3n) is 14.4. The van der Waals surface area contributed by atoms with E-state index in [0.29, 0.717) is 0 Å². The summed E-state index contributed by atoms with van der Waals surface area (Å²) in [6.07, 6.45) is 4.56. The first-order chi connectivity index (χ1) is 34.6. The summed E-state index contributed by atoms with van der Waals surface area (Å²) in [6, 6.07) is 80.1. The molecule has 0 atom stereocenters. The van der Waals surface area contributed by atoms with Crippen LogP contribution in [-0.2, 0) is 0 Å². The molecule has 70 heavy (non-hydrogen) atoms. The summed E-state index contributed by atoms with van der Waals surface area (Å²) < 4.78 is 13.8. The first-order valence-corrected chi connectivity index (χ1v) is 24.8. The summed E-state index contributed by atoms with van der Waals surface area (Å²) in [4.78, 5) is 0. The van der Waals surface area contributed by atoms with Crippen molar-refractivity contribution < 1.29 is 4.42 Å². The molecule has 0 saturated heterocycles. The van der Waals surface area contributed by atoms with E-state index in [1.165, 1.54) is 91.7 Å². The lowest BCUT2D eigenvalue weighted by Gasteiger charge is -2.14. The molecule has 0 aliphatic carbocycles. The number of furan rings is 1. The maximum Gasteiger partial charge on any atom is 0.135 e. The third kappa shape index (κ3) is 6.27. The molecular weight excluding hydrogens is 869 g/mol. The summed E-state index contributed by atoms with van der Waals surface area (Å²) >= 11 is 1.88. The van der Waals surface area contributed by atoms with Gasteiger partial charge in [-0.25, -0.2) is 0 Å². The van der Waals surface area contributed by atoms with E-state index in [-0.39, 0.29) is 0 Å². The lowest BCUT2D eigenvalue weighted by molar-refractivity contribution is 0.669. The van der Waals surface area contributed by atoms with Crippen molar-refractivity contribution in [3.05, 3.63) is 236 Å². The normalized spacial score (nSPS) is 12.6. The zero-order valence-electron chi connectivity index (χ0n) is 38.7. The van der Waals surface area contributed by atoms with Gasteiger partial charge in [0.25, 0.3) is 0 Å². The molecule has 0 saturated carbocycles. The summed E-state index contributed by atoms with van der Waals surface area (Å²) in [6.45, 7) is 4.35. The second-order valence-electron chi connectivity index (χ2n) is 18.4. The topological polar surface area (TPSA) is 23.0 Å². The van der Waals surface area contributed by atoms with Crippen molar-refractivity contribution in [1.82, 2.24) is 9.13 Å². The largest absolute Gasteiger partial charge is 0.456 e. The average Bonchev–Trinajstić information content (AvgIpc) is 4.18. The first-order valence-electron chi connectivity index (χ1n) is 24.0. The number of hydrogen-bond donors (Lipinski definition) is 0. The summed E-state index contributed by atoms with van der Waals surface area (Å²) in [5, 5.41) is 9.74. The maximum atomic E-state index is 6.30. The molecule has 0 radical (unpaired) electrons. The molecule has 4 heteroatoms. The summed E-state index contributed by atoms with van der Waals surface area (Å²) in [5.74, 6) is 0. The van der Waals surface area contributed by atoms with E-state index in [1.54, 1.807) is 0 Å². The van der Waals surface area contributed by atoms with Crippen molar-refractivity contribution in [2.75, 3.05) is 0 Å². The predicted octanol–water partition coefficient (Wildman–Crippen LogP) is 19.1. The van der Waals surface area contributed by atoms with Crippen LogP contribution in [0.1, 0.15) is 19.4 Å². The van der Waals surface area contributed by atoms with Crippen LogP contribution < -0.4 is 0 Å². The van der Waals surface area contributed by atoms with E-state index < -0.39 is 0 Å². The second-order valence-corrected chi connectivity index (χ2v) is 19.5. The molecule has 0 unspecified atom stereocenters. The van der Waals surface area contributed by atoms with Gasteiger partial charge < -0.3 is 13.6 Å². The predicted molar refractivity (Wildman–Crippen MR) is 300 cm³/mol. The Morgan fingerprint density at radius 1 is 0.443 bits per heavy atom. The Kier molecular flexibility index (Phi) is 9.20. The highest BCUT2D eigenvalue weighted by molar-refractivity contribution is 7.26. The van der Waals surface area contributed by atoms with E-state index in [4.69, 9.17) is 4.42 Å². The van der Waals surface area contributed by atoms with Gasteiger partial charge in [0.2, 0.25) is 0 Å². The Labute approximate surface area is 408 Å². The van der Waals surface area contributed by atoms with Gasteiger partial charge in [0.15, 0.2) is 0 Å². The third-order valence-corrected chi connectivity index (χ3v) is 15.6. The van der Waals surface area contributed by atoms with Crippen molar-refractivity contribution in [3.8, 4) is 39.1 Å². The van der Waals surface area contributed by atoms with Crippen LogP contribution in [0.4, 0.5) is 0 Å². The minimum Gasteiger partial charge on any atom is -0.456 e. The highest BCUT2D eigenvalue weighted by Gasteiger charge is 2.21. The number of aromatic nitrogens is 2. The lowest BCUT2D eigenvalue weighted by Crippen LogP contribution is -1.95. The molecule has 3 nitrogen and oxygen atoms in total. The number of allylic oxidation sites excluding steroid dienone is 4. The molecule has 0 amide bonds. The van der Waals surface area contributed by atoms with Crippen LogP contribution in [0.3, 0.4) is 0 Å². The van der Waals surface area contributed by atoms with Gasteiger partial charge >= 0.3 is 0 Å². The maximum absolute atomic E-state index is 6.30. The summed E-state index contributed by atoms with van der Waals surface area (Å²) in [7, 11) is 0. The fraction of sp³-hybridized carbons (Fsp3) is 0.0303. The summed E-state index contributed by atoms with van der Waals surface area (Å²) in [5.41, 5.74) is 18.3. The van der Waals surface area contributed by atoms with Crippen LogP contribution in [0.15, 0.2) is 235 Å². The second kappa shape index (κ2) is 16.0. The number of thiophene rings is 1. The molecule has 14 aromatic rings. The Balaban J connectivity index is 1.02. The van der Waals surface area contributed by atoms with Gasteiger partial charge in [-0.05, 0) is 137 Å². The van der Waals surface area contributed by atoms with E-state index in [0.717, 1.165) is 50.0 Å². The van der Waals surface area contributed by atoms with Crippen LogP contribution in [0.5, 0.6) is 0 Å². The average molecular weight is 913 g/mol. The fourth-order valence-corrected chi connectivity index (χ4v) is 12.4. The highest BCUT2D eigenvalue weighted by atomic mass is 32.1. The van der Waals surface area contributed by atoms with Gasteiger partial charge in [0.1, 0.15) is 11.2 Å². The molecule has 10 aromatic carbocycles. The number of hydrogen-bond acceptors (Lipinski definition) is 2. The quantitative estimate of drug-likeness (QED) is 0.146. The molecule has 0 N–H and O–H groups in total. The van der Waals surface area contributed by atoms with Gasteiger partial charge in [-0.1, -0.05) is 152 Å². The number of para-hydroxylation sites is 3. The van der Waals surface area contributed by atoms with Gasteiger partial charge in [0, 0.05) is 63.9 Å². The Bertz CT molecular complexity index is 4490. The van der Waals surface area contributed by atoms with Crippen molar-refractivity contribution in [1.29, 1.82) is 0 Å². The number of nitrogens with zero attached hydrogens (tertiary/aromatic N) is 2. The van der Waals surface area contributed by atoms with E-state index in [1.807, 2.05) is 17.4 Å². The molecule has 0 spiro atoms. The van der Waals surface area contributed by atoms with Crippen molar-refractivity contribution in [2.24, 2.45) is 0 Å². The van der Waals surface area contributed by atoms with Crippen molar-refractivity contribution in [2.45, 2.75) is 13.8 Å². The van der Waals surface area contributed by atoms with Crippen molar-refractivity contribution in [3.63, 3.8) is 0 Å². The van der Waals surface area contributed by atoms with Crippen LogP contribution >= 0.6 is 11.3 Å². The van der Waals surface area contributed by atoms with E-state index in [9.17, 15) is 0 Å². The zero-order chi connectivity index (χ0) is 46.5. The Morgan fingerprint density at radius 2 is 1.09 bits per heavy atom. The minimum absolute atomic E-state index is 0.892. The number of fused-ring (bicyclic) bond motifs is 12. The number of rotatable bonds is 7. The van der Waals surface area contributed by atoms with Crippen LogP contribution in [0.25, 0.3) is 136 Å². The first kappa shape index (κ1) is 40.4. The van der Waals surface area contributed by atoms with Gasteiger partial charge in [-0.15, -0.1) is 11.3 Å².